The van der Waals surface area contributed by atoms with Gasteiger partial charge in [-0.1, -0.05) is 23.2 Å². The molecule has 0 unspecified atom stereocenters. The lowest BCUT2D eigenvalue weighted by Gasteiger charge is -2.10. The minimum atomic E-state index is -0.487. The summed E-state index contributed by atoms with van der Waals surface area (Å²) >= 11 is 12.1. The van der Waals surface area contributed by atoms with Crippen LogP contribution in [0.3, 0.4) is 0 Å². The fraction of sp³-hybridized carbons (Fsp3) is 0.0526. The molecule has 3 aromatic heterocycles. The Kier molecular flexibility index (Phi) is 4.74. The second-order valence-electron chi connectivity index (χ2n) is 5.94. The van der Waals surface area contributed by atoms with E-state index in [2.05, 4.69) is 20.2 Å². The summed E-state index contributed by atoms with van der Waals surface area (Å²) in [4.78, 5) is 19.1. The molecule has 0 saturated heterocycles. The van der Waals surface area contributed by atoms with Gasteiger partial charge in [0.15, 0.2) is 11.4 Å². The molecule has 7 nitrogen and oxygen atoms in total. The van der Waals surface area contributed by atoms with Crippen molar-refractivity contribution in [3.8, 4) is 17.6 Å². The van der Waals surface area contributed by atoms with Gasteiger partial charge in [0.25, 0.3) is 5.56 Å². The van der Waals surface area contributed by atoms with Crippen LogP contribution in [0, 0.1) is 11.3 Å². The molecule has 0 aliphatic carbocycles. The molecule has 28 heavy (non-hydrogen) atoms. The molecular formula is C19H11Cl2N5O2. The van der Waals surface area contributed by atoms with Crippen LogP contribution in [0.1, 0.15) is 17.0 Å². The number of hydrogen-bond donors (Lipinski definition) is 2. The molecule has 3 heterocycles. The monoisotopic (exact) mass is 411 g/mol. The Morgan fingerprint density at radius 2 is 2.07 bits per heavy atom. The predicted molar refractivity (Wildman–Crippen MR) is 105 cm³/mol. The number of nitrogens with one attached hydrogen (secondary N) is 2. The summed E-state index contributed by atoms with van der Waals surface area (Å²) in [6.45, 7) is 0. The largest absolute Gasteiger partial charge is 0.455 e. The SMILES string of the molecule is N#Cc1cc(Cl)cc(Oc2cc(Cc3[nH]nc4ncccc34)[nH]c(=O)c2Cl)c1. The number of aromatic amines is 2. The number of nitriles is 1. The quantitative estimate of drug-likeness (QED) is 0.522. The number of pyridine rings is 2. The zero-order valence-corrected chi connectivity index (χ0v) is 15.7. The molecule has 0 aliphatic heterocycles. The Labute approximate surface area is 168 Å². The first kappa shape index (κ1) is 18.0. The van der Waals surface area contributed by atoms with Crippen molar-refractivity contribution < 1.29 is 4.74 Å². The van der Waals surface area contributed by atoms with Crippen LogP contribution in [0.25, 0.3) is 11.0 Å². The molecule has 1 aromatic carbocycles. The van der Waals surface area contributed by atoms with E-state index in [4.69, 9.17) is 33.2 Å². The standard InChI is InChI=1S/C19H11Cl2N5O2/c20-11-4-10(9-22)5-13(6-11)28-16-8-12(24-19(27)17(16)21)7-15-14-2-1-3-23-18(14)26-25-15/h1-6,8H,7H2,(H,24,27)(H,23,25,26). The zero-order chi connectivity index (χ0) is 19.7. The smallest absolute Gasteiger partial charge is 0.270 e. The van der Waals surface area contributed by atoms with Crippen molar-refractivity contribution in [1.29, 1.82) is 5.26 Å². The fourth-order valence-corrected chi connectivity index (χ4v) is 3.15. The molecule has 0 bridgehead atoms. The predicted octanol–water partition coefficient (Wildman–Crippen LogP) is 4.21. The van der Waals surface area contributed by atoms with Gasteiger partial charge in [0, 0.05) is 34.8 Å². The molecule has 4 rings (SSSR count). The Morgan fingerprint density at radius 1 is 1.21 bits per heavy atom. The summed E-state index contributed by atoms with van der Waals surface area (Å²) in [6, 6.07) is 11.9. The average molecular weight is 412 g/mol. The van der Waals surface area contributed by atoms with Crippen molar-refractivity contribution in [2.75, 3.05) is 0 Å². The number of benzene rings is 1. The first-order valence-corrected chi connectivity index (χ1v) is 8.87. The fourth-order valence-electron chi connectivity index (χ4n) is 2.78. The molecule has 0 amide bonds. The van der Waals surface area contributed by atoms with Crippen molar-refractivity contribution in [3.05, 3.63) is 79.9 Å². The Bertz CT molecular complexity index is 1290. The summed E-state index contributed by atoms with van der Waals surface area (Å²) in [7, 11) is 0. The molecule has 9 heteroatoms. The van der Waals surface area contributed by atoms with Crippen molar-refractivity contribution in [3.63, 3.8) is 0 Å². The van der Waals surface area contributed by atoms with Crippen LogP contribution in [0.4, 0.5) is 0 Å². The van der Waals surface area contributed by atoms with Gasteiger partial charge in [-0.2, -0.15) is 10.4 Å². The van der Waals surface area contributed by atoms with E-state index in [1.165, 1.54) is 18.2 Å². The Balaban J connectivity index is 1.70. The first-order valence-electron chi connectivity index (χ1n) is 8.11. The molecule has 2 N–H and O–H groups in total. The van der Waals surface area contributed by atoms with E-state index >= 15 is 0 Å². The number of nitrogens with zero attached hydrogens (tertiary/aromatic N) is 3. The summed E-state index contributed by atoms with van der Waals surface area (Å²) in [5.41, 5.74) is 1.80. The topological polar surface area (TPSA) is 107 Å². The lowest BCUT2D eigenvalue weighted by molar-refractivity contribution is 0.480. The molecule has 0 fully saturated rings. The molecule has 4 aromatic rings. The van der Waals surface area contributed by atoms with E-state index in [0.717, 1.165) is 11.1 Å². The molecule has 0 spiro atoms. The van der Waals surface area contributed by atoms with E-state index in [9.17, 15) is 4.79 Å². The van der Waals surface area contributed by atoms with Gasteiger partial charge in [-0.15, -0.1) is 0 Å². The maximum atomic E-state index is 12.2. The van der Waals surface area contributed by atoms with Gasteiger partial charge in [0.2, 0.25) is 0 Å². The molecular weight excluding hydrogens is 401 g/mol. The maximum Gasteiger partial charge on any atom is 0.270 e. The van der Waals surface area contributed by atoms with E-state index < -0.39 is 5.56 Å². The van der Waals surface area contributed by atoms with Crippen molar-refractivity contribution in [2.45, 2.75) is 6.42 Å². The highest BCUT2D eigenvalue weighted by Gasteiger charge is 2.13. The average Bonchev–Trinajstić information content (AvgIpc) is 3.08. The van der Waals surface area contributed by atoms with E-state index in [1.807, 2.05) is 18.2 Å². The minimum Gasteiger partial charge on any atom is -0.455 e. The van der Waals surface area contributed by atoms with Gasteiger partial charge in [0.05, 0.1) is 17.3 Å². The number of fused-ring (bicyclic) bond motifs is 1. The van der Waals surface area contributed by atoms with Crippen LogP contribution >= 0.6 is 23.2 Å². The van der Waals surface area contributed by atoms with E-state index in [-0.39, 0.29) is 10.8 Å². The summed E-state index contributed by atoms with van der Waals surface area (Å²) in [6.07, 6.45) is 2.02. The number of halogens is 2. The normalized spacial score (nSPS) is 10.8. The van der Waals surface area contributed by atoms with Crippen LogP contribution in [0.2, 0.25) is 10.0 Å². The summed E-state index contributed by atoms with van der Waals surface area (Å²) in [5.74, 6) is 0.465. The number of hydrogen-bond acceptors (Lipinski definition) is 5. The van der Waals surface area contributed by atoms with Crippen molar-refractivity contribution in [2.24, 2.45) is 0 Å². The molecule has 0 saturated carbocycles. The second-order valence-corrected chi connectivity index (χ2v) is 6.76. The van der Waals surface area contributed by atoms with Gasteiger partial charge in [-0.3, -0.25) is 9.89 Å². The van der Waals surface area contributed by atoms with E-state index in [0.29, 0.717) is 34.1 Å². The van der Waals surface area contributed by atoms with Gasteiger partial charge >= 0.3 is 0 Å². The third kappa shape index (κ3) is 3.56. The lowest BCUT2D eigenvalue weighted by Crippen LogP contribution is -2.11. The highest BCUT2D eigenvalue weighted by molar-refractivity contribution is 6.32. The van der Waals surface area contributed by atoms with Crippen LogP contribution in [-0.4, -0.2) is 20.2 Å². The number of ether oxygens (including phenoxy) is 1. The lowest BCUT2D eigenvalue weighted by atomic mass is 10.1. The van der Waals surface area contributed by atoms with Crippen molar-refractivity contribution in [1.82, 2.24) is 20.2 Å². The summed E-state index contributed by atoms with van der Waals surface area (Å²) in [5, 5.41) is 17.2. The van der Waals surface area contributed by atoms with Crippen LogP contribution in [-0.2, 0) is 6.42 Å². The van der Waals surface area contributed by atoms with Gasteiger partial charge < -0.3 is 9.72 Å². The highest BCUT2D eigenvalue weighted by Crippen LogP contribution is 2.30. The van der Waals surface area contributed by atoms with Gasteiger partial charge in [0.1, 0.15) is 10.8 Å². The maximum absolute atomic E-state index is 12.2. The second kappa shape index (κ2) is 7.35. The Hall–Kier alpha value is -3.34. The van der Waals surface area contributed by atoms with Gasteiger partial charge in [-0.25, -0.2) is 4.98 Å². The molecule has 138 valence electrons. The van der Waals surface area contributed by atoms with Crippen LogP contribution < -0.4 is 10.3 Å². The third-order valence-corrected chi connectivity index (χ3v) is 4.58. The number of H-pyrrole nitrogens is 2. The van der Waals surface area contributed by atoms with E-state index in [1.54, 1.807) is 12.3 Å². The van der Waals surface area contributed by atoms with Crippen molar-refractivity contribution >= 4 is 34.2 Å². The highest BCUT2D eigenvalue weighted by atomic mass is 35.5. The number of aromatic nitrogens is 4. The molecule has 0 radical (unpaired) electrons. The number of rotatable bonds is 4. The third-order valence-electron chi connectivity index (χ3n) is 4.00. The first-order chi connectivity index (χ1) is 13.5. The van der Waals surface area contributed by atoms with Crippen LogP contribution in [0.5, 0.6) is 11.5 Å². The molecule has 0 aliphatic rings. The van der Waals surface area contributed by atoms with Gasteiger partial charge in [-0.05, 0) is 30.3 Å². The zero-order valence-electron chi connectivity index (χ0n) is 14.2. The minimum absolute atomic E-state index is 0.0987. The molecule has 0 atom stereocenters. The van der Waals surface area contributed by atoms with Crippen LogP contribution in [0.15, 0.2) is 47.4 Å². The summed E-state index contributed by atoms with van der Waals surface area (Å²) < 4.78 is 5.73. The Morgan fingerprint density at radius 3 is 2.89 bits per heavy atom.